The number of hydrogen-bond donors (Lipinski definition) is 2. The summed E-state index contributed by atoms with van der Waals surface area (Å²) in [6.07, 6.45) is 0.897. The number of pyridine rings is 1. The molecule has 0 spiro atoms. The van der Waals surface area contributed by atoms with Crippen LogP contribution in [-0.2, 0) is 6.42 Å². The molecule has 0 radical (unpaired) electrons. The van der Waals surface area contributed by atoms with Gasteiger partial charge in [-0.05, 0) is 29.9 Å². The minimum Gasteiger partial charge on any atom is -0.307 e. The number of hydrazine groups is 1. The second-order valence-electron chi connectivity index (χ2n) is 4.93. The second kappa shape index (κ2) is 5.65. The van der Waals surface area contributed by atoms with E-state index in [-0.39, 0.29) is 0 Å². The molecule has 0 bridgehead atoms. The van der Waals surface area contributed by atoms with E-state index in [1.54, 1.807) is 0 Å². The minimum atomic E-state index is 0.357. The Morgan fingerprint density at radius 3 is 2.47 bits per heavy atom. The quantitative estimate of drug-likeness (QED) is 0.618. The van der Waals surface area contributed by atoms with Crippen molar-refractivity contribution in [3.63, 3.8) is 0 Å². The normalized spacial score (nSPS) is 10.7. The van der Waals surface area contributed by atoms with Gasteiger partial charge in [-0.25, -0.2) is 10.8 Å². The highest BCUT2D eigenvalue weighted by Gasteiger charge is 2.14. The van der Waals surface area contributed by atoms with Gasteiger partial charge in [0.1, 0.15) is 6.07 Å². The summed E-state index contributed by atoms with van der Waals surface area (Å²) in [5.41, 5.74) is 5.16. The Morgan fingerprint density at radius 2 is 2.06 bits per heavy atom. The number of nitrogens with zero attached hydrogens (tertiary/aromatic N) is 2. The van der Waals surface area contributed by atoms with Crippen LogP contribution in [0.4, 0.5) is 5.82 Å². The average Bonchev–Trinajstić information content (AvgIpc) is 2.27. The standard InChI is InChI=1S/C13H20N4/c1-8(2)5-12-11(9(3)4)6-10(7-14)13(16-12)17-15/h6,8-9H,5,15H2,1-4H3,(H,16,17). The fourth-order valence-electron chi connectivity index (χ4n) is 1.81. The van der Waals surface area contributed by atoms with Crippen LogP contribution in [0.3, 0.4) is 0 Å². The Balaban J connectivity index is 3.31. The van der Waals surface area contributed by atoms with Gasteiger partial charge in [0, 0.05) is 5.69 Å². The van der Waals surface area contributed by atoms with Gasteiger partial charge < -0.3 is 5.43 Å². The van der Waals surface area contributed by atoms with Crippen molar-refractivity contribution in [1.29, 1.82) is 5.26 Å². The average molecular weight is 232 g/mol. The van der Waals surface area contributed by atoms with Crippen molar-refractivity contribution in [2.24, 2.45) is 11.8 Å². The first kappa shape index (κ1) is 13.5. The molecule has 1 rings (SSSR count). The van der Waals surface area contributed by atoms with Crippen molar-refractivity contribution >= 4 is 5.82 Å². The highest BCUT2D eigenvalue weighted by molar-refractivity contribution is 5.54. The number of hydrogen-bond acceptors (Lipinski definition) is 4. The largest absolute Gasteiger partial charge is 0.307 e. The van der Waals surface area contributed by atoms with Gasteiger partial charge in [-0.2, -0.15) is 5.26 Å². The van der Waals surface area contributed by atoms with Crippen LogP contribution in [-0.4, -0.2) is 4.98 Å². The third-order valence-electron chi connectivity index (χ3n) is 2.62. The van der Waals surface area contributed by atoms with Gasteiger partial charge in [0.25, 0.3) is 0 Å². The van der Waals surface area contributed by atoms with Crippen LogP contribution in [0.25, 0.3) is 0 Å². The number of rotatable bonds is 4. The first-order chi connectivity index (χ1) is 7.99. The Hall–Kier alpha value is -1.60. The molecular formula is C13H20N4. The minimum absolute atomic E-state index is 0.357. The molecule has 1 aromatic heterocycles. The van der Waals surface area contributed by atoms with Gasteiger partial charge in [-0.1, -0.05) is 27.7 Å². The van der Waals surface area contributed by atoms with Crippen molar-refractivity contribution in [3.05, 3.63) is 22.9 Å². The van der Waals surface area contributed by atoms with E-state index >= 15 is 0 Å². The van der Waals surface area contributed by atoms with E-state index < -0.39 is 0 Å². The van der Waals surface area contributed by atoms with Crippen LogP contribution in [0.15, 0.2) is 6.07 Å². The lowest BCUT2D eigenvalue weighted by Crippen LogP contribution is -2.14. The van der Waals surface area contributed by atoms with Gasteiger partial charge in [0.2, 0.25) is 0 Å². The topological polar surface area (TPSA) is 74.7 Å². The van der Waals surface area contributed by atoms with Crippen LogP contribution < -0.4 is 11.3 Å². The van der Waals surface area contributed by atoms with Gasteiger partial charge in [0.15, 0.2) is 5.82 Å². The molecule has 0 aliphatic rings. The summed E-state index contributed by atoms with van der Waals surface area (Å²) >= 11 is 0. The smallest absolute Gasteiger partial charge is 0.158 e. The molecule has 1 heterocycles. The number of nitrogen functional groups attached to an aromatic ring is 1. The Kier molecular flexibility index (Phi) is 4.47. The van der Waals surface area contributed by atoms with E-state index in [0.717, 1.165) is 17.7 Å². The van der Waals surface area contributed by atoms with E-state index in [1.165, 1.54) is 0 Å². The molecule has 0 atom stereocenters. The number of aromatic nitrogens is 1. The molecule has 3 N–H and O–H groups in total. The van der Waals surface area contributed by atoms with Crippen molar-refractivity contribution < 1.29 is 0 Å². The molecule has 0 aliphatic carbocycles. The van der Waals surface area contributed by atoms with Crippen molar-refractivity contribution in [2.75, 3.05) is 5.43 Å². The van der Waals surface area contributed by atoms with E-state index in [9.17, 15) is 0 Å². The zero-order valence-electron chi connectivity index (χ0n) is 10.9. The Bertz CT molecular complexity index is 430. The molecule has 4 nitrogen and oxygen atoms in total. The summed E-state index contributed by atoms with van der Waals surface area (Å²) in [5, 5.41) is 9.04. The van der Waals surface area contributed by atoms with Gasteiger partial charge >= 0.3 is 0 Å². The molecule has 0 saturated carbocycles. The summed E-state index contributed by atoms with van der Waals surface area (Å²) in [6, 6.07) is 4.01. The number of anilines is 1. The molecule has 0 unspecified atom stereocenters. The highest BCUT2D eigenvalue weighted by Crippen LogP contribution is 2.25. The summed E-state index contributed by atoms with van der Waals surface area (Å²) in [7, 11) is 0. The van der Waals surface area contributed by atoms with Crippen molar-refractivity contribution in [2.45, 2.75) is 40.0 Å². The van der Waals surface area contributed by atoms with Crippen LogP contribution in [0.2, 0.25) is 0 Å². The molecule has 4 heteroatoms. The first-order valence-corrected chi connectivity index (χ1v) is 5.90. The van der Waals surface area contributed by atoms with E-state index in [4.69, 9.17) is 11.1 Å². The van der Waals surface area contributed by atoms with E-state index in [2.05, 4.69) is 44.2 Å². The third kappa shape index (κ3) is 3.18. The lowest BCUT2D eigenvalue weighted by Gasteiger charge is -2.16. The maximum atomic E-state index is 9.04. The predicted octanol–water partition coefficient (Wildman–Crippen LogP) is 2.56. The van der Waals surface area contributed by atoms with Gasteiger partial charge in [0.05, 0.1) is 5.56 Å². The number of nitrogens with one attached hydrogen (secondary N) is 1. The molecule has 1 aromatic rings. The second-order valence-corrected chi connectivity index (χ2v) is 4.93. The summed E-state index contributed by atoms with van der Waals surface area (Å²) in [6.45, 7) is 8.52. The maximum Gasteiger partial charge on any atom is 0.158 e. The molecule has 17 heavy (non-hydrogen) atoms. The van der Waals surface area contributed by atoms with Gasteiger partial charge in [-0.3, -0.25) is 0 Å². The van der Waals surface area contributed by atoms with Gasteiger partial charge in [-0.15, -0.1) is 0 Å². The molecule has 0 amide bonds. The lowest BCUT2D eigenvalue weighted by atomic mass is 9.95. The monoisotopic (exact) mass is 232 g/mol. The van der Waals surface area contributed by atoms with E-state index in [0.29, 0.717) is 23.2 Å². The van der Waals surface area contributed by atoms with Crippen LogP contribution >= 0.6 is 0 Å². The van der Waals surface area contributed by atoms with Crippen molar-refractivity contribution in [1.82, 2.24) is 4.98 Å². The zero-order valence-corrected chi connectivity index (χ0v) is 10.9. The van der Waals surface area contributed by atoms with Crippen LogP contribution in [0, 0.1) is 17.2 Å². The molecule has 0 saturated heterocycles. The molecular weight excluding hydrogens is 212 g/mol. The fourth-order valence-corrected chi connectivity index (χ4v) is 1.81. The Labute approximate surface area is 103 Å². The van der Waals surface area contributed by atoms with Crippen LogP contribution in [0.5, 0.6) is 0 Å². The number of nitriles is 1. The summed E-state index contributed by atoms with van der Waals surface area (Å²) < 4.78 is 0. The first-order valence-electron chi connectivity index (χ1n) is 5.90. The molecule has 92 valence electrons. The predicted molar refractivity (Wildman–Crippen MR) is 69.4 cm³/mol. The summed E-state index contributed by atoms with van der Waals surface area (Å²) in [4.78, 5) is 4.46. The SMILES string of the molecule is CC(C)Cc1nc(NN)c(C#N)cc1C(C)C. The van der Waals surface area contributed by atoms with E-state index in [1.807, 2.05) is 6.07 Å². The fraction of sp³-hybridized carbons (Fsp3) is 0.538. The highest BCUT2D eigenvalue weighted by atomic mass is 15.2. The summed E-state index contributed by atoms with van der Waals surface area (Å²) in [5.74, 6) is 6.74. The molecule has 0 fully saturated rings. The Morgan fingerprint density at radius 1 is 1.41 bits per heavy atom. The van der Waals surface area contributed by atoms with Crippen LogP contribution in [0.1, 0.15) is 50.4 Å². The zero-order chi connectivity index (χ0) is 13.0. The number of nitrogens with two attached hydrogens (primary N) is 1. The third-order valence-corrected chi connectivity index (χ3v) is 2.62. The maximum absolute atomic E-state index is 9.04. The van der Waals surface area contributed by atoms with Crippen molar-refractivity contribution in [3.8, 4) is 6.07 Å². The molecule has 0 aliphatic heterocycles. The lowest BCUT2D eigenvalue weighted by molar-refractivity contribution is 0.625. The molecule has 0 aromatic carbocycles.